The van der Waals surface area contributed by atoms with Crippen molar-refractivity contribution in [2.24, 2.45) is 0 Å². The first kappa shape index (κ1) is 14.3. The lowest BCUT2D eigenvalue weighted by Crippen LogP contribution is -2.21. The maximum Gasteiger partial charge on any atom is 0.362 e. The van der Waals surface area contributed by atoms with Crippen molar-refractivity contribution in [2.75, 3.05) is 6.61 Å². The SMILES string of the molecule is CCOC(=O)C(F)n1cc(Br)c(=O)c([N+](=O)[O-])c1. The number of nitro groups is 1. The molecule has 0 bridgehead atoms. The van der Waals surface area contributed by atoms with Crippen molar-refractivity contribution in [1.29, 1.82) is 0 Å². The fraction of sp³-hybridized carbons (Fsp3) is 0.333. The van der Waals surface area contributed by atoms with Crippen molar-refractivity contribution < 1.29 is 18.8 Å². The second-order valence-corrected chi connectivity index (χ2v) is 3.97. The summed E-state index contributed by atoms with van der Waals surface area (Å²) in [4.78, 5) is 32.1. The molecule has 0 saturated heterocycles. The van der Waals surface area contributed by atoms with E-state index in [0.717, 1.165) is 6.20 Å². The molecule has 0 aromatic carbocycles. The van der Waals surface area contributed by atoms with Crippen molar-refractivity contribution in [2.45, 2.75) is 13.2 Å². The highest BCUT2D eigenvalue weighted by molar-refractivity contribution is 9.10. The van der Waals surface area contributed by atoms with Gasteiger partial charge in [0.15, 0.2) is 0 Å². The molecule has 1 aromatic rings. The number of rotatable bonds is 4. The lowest BCUT2D eigenvalue weighted by molar-refractivity contribution is -0.386. The first-order valence-electron chi connectivity index (χ1n) is 4.74. The normalized spacial score (nSPS) is 11.9. The van der Waals surface area contributed by atoms with Gasteiger partial charge in [0.1, 0.15) is 0 Å². The quantitative estimate of drug-likeness (QED) is 0.476. The molecule has 0 aliphatic heterocycles. The highest BCUT2D eigenvalue weighted by Crippen LogP contribution is 2.17. The Hall–Kier alpha value is -1.77. The van der Waals surface area contributed by atoms with Crippen LogP contribution in [0.5, 0.6) is 0 Å². The third-order valence-electron chi connectivity index (χ3n) is 1.92. The molecule has 1 unspecified atom stereocenters. The molecule has 1 heterocycles. The third-order valence-corrected chi connectivity index (χ3v) is 2.49. The van der Waals surface area contributed by atoms with Crippen LogP contribution < -0.4 is 5.43 Å². The molecule has 0 saturated carbocycles. The fourth-order valence-electron chi connectivity index (χ4n) is 1.14. The van der Waals surface area contributed by atoms with Crippen molar-refractivity contribution >= 4 is 27.6 Å². The average Bonchev–Trinajstić information content (AvgIpc) is 2.31. The Bertz CT molecular complexity index is 544. The van der Waals surface area contributed by atoms with Crippen LogP contribution in [0.2, 0.25) is 0 Å². The maximum absolute atomic E-state index is 13.6. The molecule has 1 rings (SSSR count). The Morgan fingerprint density at radius 3 is 2.78 bits per heavy atom. The summed E-state index contributed by atoms with van der Waals surface area (Å²) in [5.74, 6) is -1.19. The number of hydrogen-bond donors (Lipinski definition) is 0. The smallest absolute Gasteiger partial charge is 0.362 e. The maximum atomic E-state index is 13.6. The molecule has 7 nitrogen and oxygen atoms in total. The molecule has 0 aliphatic carbocycles. The van der Waals surface area contributed by atoms with Gasteiger partial charge in [-0.25, -0.2) is 9.18 Å². The van der Waals surface area contributed by atoms with Crippen molar-refractivity contribution in [1.82, 2.24) is 4.57 Å². The summed E-state index contributed by atoms with van der Waals surface area (Å²) < 4.78 is 18.4. The molecule has 0 aliphatic rings. The van der Waals surface area contributed by atoms with Gasteiger partial charge in [-0.15, -0.1) is 0 Å². The lowest BCUT2D eigenvalue weighted by Gasteiger charge is -2.11. The highest BCUT2D eigenvalue weighted by atomic mass is 79.9. The molecular formula is C9H8BrFN2O5. The summed E-state index contributed by atoms with van der Waals surface area (Å²) in [5, 5.41) is 10.6. The second kappa shape index (κ2) is 5.71. The minimum absolute atomic E-state index is 0.0251. The van der Waals surface area contributed by atoms with Gasteiger partial charge in [0, 0.05) is 6.20 Å². The number of aromatic nitrogens is 1. The molecular weight excluding hydrogens is 315 g/mol. The molecule has 0 radical (unpaired) electrons. The van der Waals surface area contributed by atoms with Gasteiger partial charge in [-0.1, -0.05) is 0 Å². The van der Waals surface area contributed by atoms with Crippen molar-refractivity contribution in [3.05, 3.63) is 37.2 Å². The molecule has 1 aromatic heterocycles. The van der Waals surface area contributed by atoms with Gasteiger partial charge in [-0.2, -0.15) is 0 Å². The zero-order chi connectivity index (χ0) is 13.9. The van der Waals surface area contributed by atoms with Gasteiger partial charge in [-0.3, -0.25) is 14.9 Å². The summed E-state index contributed by atoms with van der Waals surface area (Å²) in [5.41, 5.74) is -1.73. The molecule has 98 valence electrons. The van der Waals surface area contributed by atoms with Crippen LogP contribution >= 0.6 is 15.9 Å². The monoisotopic (exact) mass is 322 g/mol. The third kappa shape index (κ3) is 2.92. The van der Waals surface area contributed by atoms with Crippen LogP contribution in [0.25, 0.3) is 0 Å². The Morgan fingerprint density at radius 1 is 1.67 bits per heavy atom. The number of ether oxygens (including phenoxy) is 1. The average molecular weight is 323 g/mol. The zero-order valence-corrected chi connectivity index (χ0v) is 10.7. The lowest BCUT2D eigenvalue weighted by atomic mass is 10.4. The van der Waals surface area contributed by atoms with Crippen molar-refractivity contribution in [3.63, 3.8) is 0 Å². The van der Waals surface area contributed by atoms with E-state index in [2.05, 4.69) is 20.7 Å². The second-order valence-electron chi connectivity index (χ2n) is 3.11. The van der Waals surface area contributed by atoms with Crippen LogP contribution in [0.3, 0.4) is 0 Å². The number of halogens is 2. The van der Waals surface area contributed by atoms with E-state index in [9.17, 15) is 24.1 Å². The van der Waals surface area contributed by atoms with Gasteiger partial charge in [0.25, 0.3) is 11.7 Å². The summed E-state index contributed by atoms with van der Waals surface area (Å²) in [7, 11) is 0. The van der Waals surface area contributed by atoms with Gasteiger partial charge >= 0.3 is 11.7 Å². The summed E-state index contributed by atoms with van der Waals surface area (Å²) in [6.45, 7) is 1.47. The Morgan fingerprint density at radius 2 is 2.28 bits per heavy atom. The van der Waals surface area contributed by atoms with E-state index in [0.29, 0.717) is 10.8 Å². The Kier molecular flexibility index (Phi) is 4.54. The van der Waals surface area contributed by atoms with Gasteiger partial charge in [0.05, 0.1) is 22.2 Å². The largest absolute Gasteiger partial charge is 0.462 e. The summed E-state index contributed by atoms with van der Waals surface area (Å²) >= 11 is 2.77. The van der Waals surface area contributed by atoms with Gasteiger partial charge in [0.2, 0.25) is 0 Å². The van der Waals surface area contributed by atoms with E-state index in [-0.39, 0.29) is 11.1 Å². The summed E-state index contributed by atoms with van der Waals surface area (Å²) in [6, 6.07) is 0. The minimum atomic E-state index is -2.25. The van der Waals surface area contributed by atoms with E-state index in [1.807, 2.05) is 0 Å². The molecule has 18 heavy (non-hydrogen) atoms. The Balaban J connectivity index is 3.23. The van der Waals surface area contributed by atoms with E-state index in [1.54, 1.807) is 0 Å². The van der Waals surface area contributed by atoms with Crippen LogP contribution in [-0.4, -0.2) is 22.1 Å². The summed E-state index contributed by atoms with van der Waals surface area (Å²) in [6.07, 6.45) is -0.661. The minimum Gasteiger partial charge on any atom is -0.462 e. The molecule has 0 amide bonds. The molecule has 1 atom stereocenters. The van der Waals surface area contributed by atoms with Crippen LogP contribution in [0.4, 0.5) is 10.1 Å². The topological polar surface area (TPSA) is 91.4 Å². The number of hydrogen-bond acceptors (Lipinski definition) is 5. The van der Waals surface area contributed by atoms with Crippen LogP contribution in [0.15, 0.2) is 21.7 Å². The number of carbonyl (C=O) groups is 1. The number of nitrogens with zero attached hydrogens (tertiary/aromatic N) is 2. The fourth-order valence-corrected chi connectivity index (χ4v) is 1.58. The van der Waals surface area contributed by atoms with E-state index in [1.165, 1.54) is 6.92 Å². The predicted molar refractivity (Wildman–Crippen MR) is 61.8 cm³/mol. The zero-order valence-electron chi connectivity index (χ0n) is 9.13. The highest BCUT2D eigenvalue weighted by Gasteiger charge is 2.24. The number of esters is 1. The predicted octanol–water partition coefficient (Wildman–Crippen LogP) is 1.55. The van der Waals surface area contributed by atoms with Gasteiger partial charge < -0.3 is 9.30 Å². The first-order valence-corrected chi connectivity index (χ1v) is 5.54. The first-order chi connectivity index (χ1) is 8.38. The van der Waals surface area contributed by atoms with Crippen molar-refractivity contribution in [3.8, 4) is 0 Å². The Labute approximate surface area is 108 Å². The molecule has 9 heteroatoms. The standard InChI is InChI=1S/C9H8BrFN2O5/c1-2-18-9(15)8(11)12-3-5(10)7(14)6(4-12)13(16)17/h3-4,8H,2H2,1H3. The molecule has 0 fully saturated rings. The van der Waals surface area contributed by atoms with Crippen LogP contribution in [0, 0.1) is 10.1 Å². The molecule has 0 spiro atoms. The van der Waals surface area contributed by atoms with E-state index < -0.39 is 28.3 Å². The van der Waals surface area contributed by atoms with Crippen LogP contribution in [0.1, 0.15) is 13.2 Å². The van der Waals surface area contributed by atoms with E-state index in [4.69, 9.17) is 0 Å². The van der Waals surface area contributed by atoms with Gasteiger partial charge in [-0.05, 0) is 22.9 Å². The van der Waals surface area contributed by atoms with Crippen LogP contribution in [-0.2, 0) is 9.53 Å². The van der Waals surface area contributed by atoms with E-state index >= 15 is 0 Å². The number of carbonyl (C=O) groups excluding carboxylic acids is 1. The number of alkyl halides is 1. The molecule has 0 N–H and O–H groups in total. The number of pyridine rings is 1.